The van der Waals surface area contributed by atoms with Crippen LogP contribution in [-0.4, -0.2) is 33.6 Å². The molecule has 1 aromatic rings. The van der Waals surface area contributed by atoms with E-state index in [1.807, 2.05) is 6.92 Å². The smallest absolute Gasteiger partial charge is 0.252 e. The van der Waals surface area contributed by atoms with Gasteiger partial charge in [0.2, 0.25) is 10.0 Å². The number of rotatable bonds is 4. The molecule has 1 aliphatic rings. The molecule has 3 N–H and O–H groups in total. The maximum absolute atomic E-state index is 12.2. The number of hydrogen-bond donors (Lipinski definition) is 2. The van der Waals surface area contributed by atoms with E-state index < -0.39 is 10.0 Å². The molecule has 0 spiro atoms. The zero-order chi connectivity index (χ0) is 14.9. The molecule has 1 saturated heterocycles. The Morgan fingerprint density at radius 1 is 1.60 bits per heavy atom. The molecule has 20 heavy (non-hydrogen) atoms. The van der Waals surface area contributed by atoms with Crippen LogP contribution in [0.1, 0.15) is 29.3 Å². The standard InChI is InChI=1S/C12H18N2O4S2/c1-7-10(6-19-12(7)20(13,16)17)11(15)14-8(2)9-3-4-18-5-9/h6,8-9H,3-5H2,1-2H3,(H,14,15)(H2,13,16,17). The van der Waals surface area contributed by atoms with Gasteiger partial charge in [0.25, 0.3) is 5.91 Å². The quantitative estimate of drug-likeness (QED) is 0.860. The van der Waals surface area contributed by atoms with Crippen LogP contribution in [0.2, 0.25) is 0 Å². The van der Waals surface area contributed by atoms with E-state index in [1.54, 1.807) is 6.92 Å². The van der Waals surface area contributed by atoms with Crippen molar-refractivity contribution in [3.05, 3.63) is 16.5 Å². The van der Waals surface area contributed by atoms with Crippen molar-refractivity contribution in [3.63, 3.8) is 0 Å². The van der Waals surface area contributed by atoms with Gasteiger partial charge in [-0.2, -0.15) is 0 Å². The van der Waals surface area contributed by atoms with Crippen LogP contribution in [0.5, 0.6) is 0 Å². The summed E-state index contributed by atoms with van der Waals surface area (Å²) >= 11 is 0.972. The van der Waals surface area contributed by atoms with Crippen molar-refractivity contribution >= 4 is 27.3 Å². The average Bonchev–Trinajstić information content (AvgIpc) is 2.95. The van der Waals surface area contributed by atoms with Gasteiger partial charge in [-0.1, -0.05) is 0 Å². The van der Waals surface area contributed by atoms with E-state index in [1.165, 1.54) is 5.38 Å². The Labute approximate surface area is 122 Å². The van der Waals surface area contributed by atoms with E-state index in [0.29, 0.717) is 23.7 Å². The van der Waals surface area contributed by atoms with Gasteiger partial charge in [-0.05, 0) is 25.8 Å². The number of sulfonamides is 1. The van der Waals surface area contributed by atoms with E-state index in [2.05, 4.69) is 5.32 Å². The van der Waals surface area contributed by atoms with E-state index in [4.69, 9.17) is 9.88 Å². The van der Waals surface area contributed by atoms with Crippen molar-refractivity contribution in [3.8, 4) is 0 Å². The van der Waals surface area contributed by atoms with Crippen LogP contribution >= 0.6 is 11.3 Å². The first-order valence-electron chi connectivity index (χ1n) is 6.30. The second-order valence-electron chi connectivity index (χ2n) is 4.99. The lowest BCUT2D eigenvalue weighted by Crippen LogP contribution is -2.38. The molecule has 1 aliphatic heterocycles. The molecular formula is C12H18N2O4S2. The normalized spacial score (nSPS) is 20.9. The van der Waals surface area contributed by atoms with Gasteiger partial charge in [0, 0.05) is 23.9 Å². The van der Waals surface area contributed by atoms with Gasteiger partial charge < -0.3 is 10.1 Å². The lowest BCUT2D eigenvalue weighted by molar-refractivity contribution is 0.0922. The summed E-state index contributed by atoms with van der Waals surface area (Å²) in [7, 11) is -3.77. The van der Waals surface area contributed by atoms with Crippen molar-refractivity contribution in [2.45, 2.75) is 30.5 Å². The summed E-state index contributed by atoms with van der Waals surface area (Å²) in [5, 5.41) is 9.53. The minimum absolute atomic E-state index is 0.0118. The highest BCUT2D eigenvalue weighted by Crippen LogP contribution is 2.26. The fourth-order valence-corrected chi connectivity index (χ4v) is 4.27. The molecule has 1 aromatic heterocycles. The van der Waals surface area contributed by atoms with Gasteiger partial charge >= 0.3 is 0 Å². The lowest BCUT2D eigenvalue weighted by Gasteiger charge is -2.19. The van der Waals surface area contributed by atoms with Gasteiger partial charge in [0.15, 0.2) is 0 Å². The summed E-state index contributed by atoms with van der Waals surface area (Å²) in [6.07, 6.45) is 0.923. The van der Waals surface area contributed by atoms with E-state index in [-0.39, 0.29) is 16.2 Å². The van der Waals surface area contributed by atoms with Crippen LogP contribution in [0.4, 0.5) is 0 Å². The summed E-state index contributed by atoms with van der Waals surface area (Å²) in [5.74, 6) is 0.0312. The van der Waals surface area contributed by atoms with Crippen molar-refractivity contribution in [1.82, 2.24) is 5.32 Å². The highest BCUT2D eigenvalue weighted by Gasteiger charge is 2.26. The second-order valence-corrected chi connectivity index (χ2v) is 7.63. The molecule has 6 nitrogen and oxygen atoms in total. The Balaban J connectivity index is 2.12. The monoisotopic (exact) mass is 318 g/mol. The summed E-state index contributed by atoms with van der Waals surface area (Å²) in [4.78, 5) is 12.2. The molecule has 0 radical (unpaired) electrons. The Hall–Kier alpha value is -0.960. The molecule has 1 amide bonds. The van der Waals surface area contributed by atoms with Gasteiger partial charge in [-0.25, -0.2) is 13.6 Å². The Morgan fingerprint density at radius 2 is 2.30 bits per heavy atom. The van der Waals surface area contributed by atoms with Crippen LogP contribution in [-0.2, 0) is 14.8 Å². The molecule has 8 heteroatoms. The van der Waals surface area contributed by atoms with Crippen LogP contribution in [0.3, 0.4) is 0 Å². The van der Waals surface area contributed by atoms with Crippen LogP contribution in [0, 0.1) is 12.8 Å². The van der Waals surface area contributed by atoms with Crippen molar-refractivity contribution in [1.29, 1.82) is 0 Å². The summed E-state index contributed by atoms with van der Waals surface area (Å²) < 4.78 is 28.1. The maximum Gasteiger partial charge on any atom is 0.252 e. The number of nitrogens with one attached hydrogen (secondary N) is 1. The van der Waals surface area contributed by atoms with E-state index in [9.17, 15) is 13.2 Å². The molecule has 0 bridgehead atoms. The lowest BCUT2D eigenvalue weighted by atomic mass is 10.0. The number of carbonyl (C=O) groups is 1. The minimum Gasteiger partial charge on any atom is -0.381 e. The van der Waals surface area contributed by atoms with E-state index >= 15 is 0 Å². The summed E-state index contributed by atoms with van der Waals surface area (Å²) in [5.41, 5.74) is 0.773. The van der Waals surface area contributed by atoms with Crippen LogP contribution in [0.15, 0.2) is 9.59 Å². The number of hydrogen-bond acceptors (Lipinski definition) is 5. The predicted molar refractivity (Wildman–Crippen MR) is 76.3 cm³/mol. The fourth-order valence-electron chi connectivity index (χ4n) is 2.25. The third kappa shape index (κ3) is 3.20. The first-order valence-corrected chi connectivity index (χ1v) is 8.72. The molecule has 1 fully saturated rings. The second kappa shape index (κ2) is 5.80. The van der Waals surface area contributed by atoms with Crippen molar-refractivity contribution in [2.24, 2.45) is 11.1 Å². The molecule has 2 unspecified atom stereocenters. The highest BCUT2D eigenvalue weighted by molar-refractivity contribution is 7.91. The molecular weight excluding hydrogens is 300 g/mol. The predicted octanol–water partition coefficient (Wildman–Crippen LogP) is 0.859. The first kappa shape index (κ1) is 15.4. The molecule has 0 saturated carbocycles. The zero-order valence-electron chi connectivity index (χ0n) is 11.4. The Bertz CT molecular complexity index is 603. The third-order valence-electron chi connectivity index (χ3n) is 3.53. The number of carbonyl (C=O) groups excluding carboxylic acids is 1. The summed E-state index contributed by atoms with van der Waals surface area (Å²) in [6, 6.07) is -0.0118. The molecule has 2 atom stereocenters. The first-order chi connectivity index (χ1) is 9.30. The fraction of sp³-hybridized carbons (Fsp3) is 0.583. The molecule has 0 aromatic carbocycles. The molecule has 0 aliphatic carbocycles. The van der Waals surface area contributed by atoms with Gasteiger partial charge in [0.05, 0.1) is 12.2 Å². The number of primary sulfonamides is 1. The molecule has 112 valence electrons. The summed E-state index contributed by atoms with van der Waals surface area (Å²) in [6.45, 7) is 4.89. The van der Waals surface area contributed by atoms with E-state index in [0.717, 1.165) is 24.4 Å². The van der Waals surface area contributed by atoms with Crippen LogP contribution < -0.4 is 10.5 Å². The average molecular weight is 318 g/mol. The number of ether oxygens (including phenoxy) is 1. The minimum atomic E-state index is -3.77. The maximum atomic E-state index is 12.2. The van der Waals surface area contributed by atoms with Crippen molar-refractivity contribution in [2.75, 3.05) is 13.2 Å². The Kier molecular flexibility index (Phi) is 4.48. The number of thiophene rings is 1. The topological polar surface area (TPSA) is 98.5 Å². The Morgan fingerprint density at radius 3 is 2.80 bits per heavy atom. The zero-order valence-corrected chi connectivity index (χ0v) is 13.0. The van der Waals surface area contributed by atoms with Gasteiger partial charge in [-0.3, -0.25) is 4.79 Å². The number of nitrogens with two attached hydrogens (primary N) is 1. The van der Waals surface area contributed by atoms with Crippen molar-refractivity contribution < 1.29 is 17.9 Å². The number of amides is 1. The van der Waals surface area contributed by atoms with Gasteiger partial charge in [-0.15, -0.1) is 11.3 Å². The highest BCUT2D eigenvalue weighted by atomic mass is 32.2. The SMILES string of the molecule is Cc1c(C(=O)NC(C)C2CCOC2)csc1S(N)(=O)=O. The van der Waals surface area contributed by atoms with Crippen LogP contribution in [0.25, 0.3) is 0 Å². The third-order valence-corrected chi connectivity index (χ3v) is 6.21. The molecule has 2 rings (SSSR count). The van der Waals surface area contributed by atoms with Gasteiger partial charge in [0.1, 0.15) is 4.21 Å². The molecule has 2 heterocycles. The largest absolute Gasteiger partial charge is 0.381 e.